The molecule has 0 bridgehead atoms. The number of methoxy groups -OCH3 is 1. The van der Waals surface area contributed by atoms with Crippen molar-refractivity contribution in [2.75, 3.05) is 30.9 Å². The van der Waals surface area contributed by atoms with E-state index in [1.807, 2.05) is 37.3 Å². The summed E-state index contributed by atoms with van der Waals surface area (Å²) in [6, 6.07) is 15.3. The Labute approximate surface area is 174 Å². The zero-order valence-electron chi connectivity index (χ0n) is 16.3. The number of ether oxygens (including phenoxy) is 1. The summed E-state index contributed by atoms with van der Waals surface area (Å²) in [5.41, 5.74) is 4.13. The topological polar surface area (TPSA) is 73.6 Å². The predicted molar refractivity (Wildman–Crippen MR) is 111 cm³/mol. The second kappa shape index (κ2) is 7.54. The van der Waals surface area contributed by atoms with Gasteiger partial charge in [0.2, 0.25) is 5.91 Å². The zero-order chi connectivity index (χ0) is 20.6. The zero-order valence-corrected chi connectivity index (χ0v) is 17.2. The van der Waals surface area contributed by atoms with Crippen molar-refractivity contribution in [3.05, 3.63) is 64.7 Å². The fraction of sp³-hybridized carbons (Fsp3) is 0.318. The first-order valence-corrected chi connectivity index (χ1v) is 10.4. The Balaban J connectivity index is 1.79. The Kier molecular flexibility index (Phi) is 5.07. The van der Waals surface area contributed by atoms with Crippen molar-refractivity contribution in [3.8, 4) is 6.07 Å². The third kappa shape index (κ3) is 3.09. The molecule has 1 saturated heterocycles. The lowest BCUT2D eigenvalue weighted by Gasteiger charge is -2.33. The summed E-state index contributed by atoms with van der Waals surface area (Å²) in [5, 5.41) is 9.19. The summed E-state index contributed by atoms with van der Waals surface area (Å²) in [6.07, 6.45) is 0. The summed E-state index contributed by atoms with van der Waals surface area (Å²) < 4.78 is 5.06. The maximum absolute atomic E-state index is 13.8. The van der Waals surface area contributed by atoms with Crippen LogP contribution >= 0.6 is 11.8 Å². The summed E-state index contributed by atoms with van der Waals surface area (Å²) in [6.45, 7) is 2.78. The highest BCUT2D eigenvalue weighted by Gasteiger charge is 2.59. The largest absolute Gasteiger partial charge is 0.375 e. The van der Waals surface area contributed by atoms with Crippen molar-refractivity contribution in [1.29, 1.82) is 5.26 Å². The van der Waals surface area contributed by atoms with Gasteiger partial charge in [-0.15, -0.1) is 11.8 Å². The summed E-state index contributed by atoms with van der Waals surface area (Å²) in [4.78, 5) is 28.9. The van der Waals surface area contributed by atoms with E-state index in [0.717, 1.165) is 22.4 Å². The summed E-state index contributed by atoms with van der Waals surface area (Å²) in [7, 11) is 1.48. The Morgan fingerprint density at radius 2 is 2.14 bits per heavy atom. The number of carbonyl (C=O) groups is 2. The van der Waals surface area contributed by atoms with Crippen molar-refractivity contribution in [3.63, 3.8) is 0 Å². The van der Waals surface area contributed by atoms with E-state index in [9.17, 15) is 14.9 Å². The molecule has 1 spiro atoms. The molecule has 2 aromatic rings. The number of nitrogens with zero attached hydrogens (tertiary/aromatic N) is 3. The first kappa shape index (κ1) is 19.5. The van der Waals surface area contributed by atoms with E-state index in [4.69, 9.17) is 4.74 Å². The number of carbonyl (C=O) groups excluding carboxylic acids is 2. The van der Waals surface area contributed by atoms with Crippen LogP contribution in [-0.4, -0.2) is 42.7 Å². The van der Waals surface area contributed by atoms with Gasteiger partial charge in [-0.1, -0.05) is 29.8 Å². The van der Waals surface area contributed by atoms with Crippen LogP contribution in [0.25, 0.3) is 0 Å². The highest BCUT2D eigenvalue weighted by atomic mass is 32.2. The molecule has 0 aliphatic carbocycles. The van der Waals surface area contributed by atoms with Gasteiger partial charge in [0.15, 0.2) is 4.87 Å². The number of hydrogen-bond donors (Lipinski definition) is 0. The lowest BCUT2D eigenvalue weighted by Crippen LogP contribution is -2.51. The molecule has 7 heteroatoms. The lowest BCUT2D eigenvalue weighted by atomic mass is 10.0. The first-order chi connectivity index (χ1) is 14.0. The van der Waals surface area contributed by atoms with Crippen LogP contribution in [0.2, 0.25) is 0 Å². The van der Waals surface area contributed by atoms with Gasteiger partial charge in [0.1, 0.15) is 6.61 Å². The molecule has 2 aliphatic rings. The molecule has 0 unspecified atom stereocenters. The molecule has 0 saturated carbocycles. The van der Waals surface area contributed by atoms with Crippen LogP contribution in [0.1, 0.15) is 22.3 Å². The number of aryl methyl sites for hydroxylation is 1. The molecule has 2 heterocycles. The lowest BCUT2D eigenvalue weighted by molar-refractivity contribution is -0.143. The van der Waals surface area contributed by atoms with Crippen LogP contribution in [0, 0.1) is 18.3 Å². The molecule has 148 valence electrons. The molecule has 4 rings (SSSR count). The van der Waals surface area contributed by atoms with Crippen LogP contribution in [0.4, 0.5) is 5.69 Å². The van der Waals surface area contributed by atoms with Gasteiger partial charge < -0.3 is 14.5 Å². The molecule has 29 heavy (non-hydrogen) atoms. The minimum absolute atomic E-state index is 0.0546. The number of fused-ring (bicyclic) bond motifs is 2. The van der Waals surface area contributed by atoms with E-state index in [1.165, 1.54) is 18.9 Å². The van der Waals surface area contributed by atoms with Crippen molar-refractivity contribution < 1.29 is 14.3 Å². The fourth-order valence-electron chi connectivity index (χ4n) is 4.07. The number of nitriles is 1. The number of thioether (sulfide) groups is 1. The van der Waals surface area contributed by atoms with Gasteiger partial charge in [0.05, 0.1) is 23.9 Å². The molecule has 1 atom stereocenters. The number of amides is 2. The van der Waals surface area contributed by atoms with Crippen molar-refractivity contribution in [1.82, 2.24) is 4.90 Å². The van der Waals surface area contributed by atoms with E-state index in [0.29, 0.717) is 24.4 Å². The van der Waals surface area contributed by atoms with Crippen LogP contribution in [0.15, 0.2) is 42.5 Å². The van der Waals surface area contributed by atoms with Gasteiger partial charge in [0, 0.05) is 25.0 Å². The van der Waals surface area contributed by atoms with Crippen LogP contribution in [0.5, 0.6) is 0 Å². The molecular weight excluding hydrogens is 386 g/mol. The van der Waals surface area contributed by atoms with Gasteiger partial charge >= 0.3 is 0 Å². The SMILES string of the molecule is COCC(=O)N1CCS[C@]12C(=O)N(Cc1cccc(C#N)c1)c1ccc(C)cc12. The van der Waals surface area contributed by atoms with Crippen molar-refractivity contribution >= 4 is 29.3 Å². The minimum Gasteiger partial charge on any atom is -0.375 e. The molecule has 2 aromatic carbocycles. The van der Waals surface area contributed by atoms with E-state index in [1.54, 1.807) is 21.9 Å². The van der Waals surface area contributed by atoms with Crippen LogP contribution < -0.4 is 4.90 Å². The Morgan fingerprint density at radius 1 is 1.31 bits per heavy atom. The second-order valence-electron chi connectivity index (χ2n) is 7.19. The maximum Gasteiger partial charge on any atom is 0.268 e. The molecule has 0 aromatic heterocycles. The molecule has 2 amide bonds. The number of benzene rings is 2. The third-order valence-electron chi connectivity index (χ3n) is 5.31. The summed E-state index contributed by atoms with van der Waals surface area (Å²) in [5.74, 6) is 0.380. The van der Waals surface area contributed by atoms with Crippen LogP contribution in [0.3, 0.4) is 0 Å². The first-order valence-electron chi connectivity index (χ1n) is 9.36. The van der Waals surface area contributed by atoms with E-state index in [-0.39, 0.29) is 18.4 Å². The Hall–Kier alpha value is -2.82. The maximum atomic E-state index is 13.8. The monoisotopic (exact) mass is 407 g/mol. The van der Waals surface area contributed by atoms with Gasteiger partial charge in [-0.2, -0.15) is 5.26 Å². The summed E-state index contributed by atoms with van der Waals surface area (Å²) >= 11 is 1.50. The molecule has 6 nitrogen and oxygen atoms in total. The van der Waals surface area contributed by atoms with E-state index < -0.39 is 4.87 Å². The van der Waals surface area contributed by atoms with Crippen molar-refractivity contribution in [2.45, 2.75) is 18.3 Å². The highest BCUT2D eigenvalue weighted by molar-refractivity contribution is 8.01. The van der Waals surface area contributed by atoms with Gasteiger partial charge in [-0.05, 0) is 30.7 Å². The molecule has 2 aliphatic heterocycles. The van der Waals surface area contributed by atoms with E-state index >= 15 is 0 Å². The van der Waals surface area contributed by atoms with Crippen molar-refractivity contribution in [2.24, 2.45) is 0 Å². The average molecular weight is 407 g/mol. The highest BCUT2D eigenvalue weighted by Crippen LogP contribution is 2.54. The predicted octanol–water partition coefficient (Wildman–Crippen LogP) is 2.79. The number of anilines is 1. The normalized spacial score (nSPS) is 20.2. The van der Waals surface area contributed by atoms with Gasteiger partial charge in [-0.3, -0.25) is 9.59 Å². The molecular formula is C22H21N3O3S. The molecule has 1 fully saturated rings. The average Bonchev–Trinajstić information content (AvgIpc) is 3.26. The number of hydrogen-bond acceptors (Lipinski definition) is 5. The minimum atomic E-state index is -1.05. The van der Waals surface area contributed by atoms with Crippen LogP contribution in [-0.2, 0) is 25.7 Å². The fourth-order valence-corrected chi connectivity index (χ4v) is 5.54. The molecule has 0 radical (unpaired) electrons. The standard InChI is InChI=1S/C22H21N3O3S/c1-15-6-7-19-18(10-15)22(25(8-9-29-22)20(26)14-28-2)21(27)24(19)13-17-5-3-4-16(11-17)12-23/h3-7,10-11H,8-9,13-14H2,1-2H3/t22-/m1/s1. The Morgan fingerprint density at radius 3 is 2.90 bits per heavy atom. The molecule has 0 N–H and O–H groups in total. The van der Waals surface area contributed by atoms with Gasteiger partial charge in [-0.25, -0.2) is 0 Å². The van der Waals surface area contributed by atoms with E-state index in [2.05, 4.69) is 6.07 Å². The number of rotatable bonds is 4. The third-order valence-corrected chi connectivity index (χ3v) is 6.73. The quantitative estimate of drug-likeness (QED) is 0.779. The van der Waals surface area contributed by atoms with Gasteiger partial charge in [0.25, 0.3) is 5.91 Å². The smallest absolute Gasteiger partial charge is 0.268 e. The Bertz CT molecular complexity index is 1030. The second-order valence-corrected chi connectivity index (χ2v) is 8.48.